The van der Waals surface area contributed by atoms with Gasteiger partial charge in [0.05, 0.1) is 16.2 Å². The van der Waals surface area contributed by atoms with Crippen molar-refractivity contribution in [2.75, 3.05) is 0 Å². The molecule has 4 nitrogen and oxygen atoms in total. The van der Waals surface area contributed by atoms with Crippen molar-refractivity contribution >= 4 is 28.4 Å². The smallest absolute Gasteiger partial charge is 0.262 e. The van der Waals surface area contributed by atoms with Crippen LogP contribution in [0.25, 0.3) is 10.9 Å². The number of hydrogen-bond donors (Lipinski definition) is 0. The number of carbonyl (C=O) groups excluding carboxylic acids is 1. The van der Waals surface area contributed by atoms with Crippen LogP contribution in [0.15, 0.2) is 71.1 Å². The second kappa shape index (κ2) is 7.53. The Morgan fingerprint density at radius 1 is 1.15 bits per heavy atom. The van der Waals surface area contributed by atoms with E-state index in [0.29, 0.717) is 22.6 Å². The van der Waals surface area contributed by atoms with Crippen molar-refractivity contribution in [3.63, 3.8) is 0 Å². The van der Waals surface area contributed by atoms with Crippen LogP contribution in [0.1, 0.15) is 28.8 Å². The number of Topliss-reactive ketones (excluding diaryl/α,β-unsaturated/α-hetero) is 1. The van der Waals surface area contributed by atoms with E-state index in [4.69, 9.17) is 4.98 Å². The highest BCUT2D eigenvalue weighted by atomic mass is 32.2. The van der Waals surface area contributed by atoms with Crippen LogP contribution in [-0.2, 0) is 13.0 Å². The molecule has 0 saturated heterocycles. The Morgan fingerprint density at radius 2 is 1.93 bits per heavy atom. The molecule has 0 radical (unpaired) electrons. The van der Waals surface area contributed by atoms with E-state index in [1.165, 1.54) is 11.8 Å². The van der Waals surface area contributed by atoms with Crippen LogP contribution in [0, 0.1) is 0 Å². The first-order valence-electron chi connectivity index (χ1n) is 9.08. The molecule has 4 rings (SSSR count). The van der Waals surface area contributed by atoms with Crippen LogP contribution in [0.4, 0.5) is 0 Å². The summed E-state index contributed by atoms with van der Waals surface area (Å²) >= 11 is 1.40. The summed E-state index contributed by atoms with van der Waals surface area (Å²) in [6.45, 7) is 4.13. The van der Waals surface area contributed by atoms with Gasteiger partial charge in [0, 0.05) is 12.1 Å². The van der Waals surface area contributed by atoms with Gasteiger partial charge in [-0.2, -0.15) is 0 Å². The molecule has 1 aliphatic rings. The number of thioether (sulfide) groups is 1. The van der Waals surface area contributed by atoms with Crippen molar-refractivity contribution in [2.24, 2.45) is 0 Å². The van der Waals surface area contributed by atoms with Gasteiger partial charge in [-0.15, -0.1) is 6.58 Å². The number of ketones is 1. The lowest BCUT2D eigenvalue weighted by Gasteiger charge is -2.16. The van der Waals surface area contributed by atoms with Crippen LogP contribution < -0.4 is 5.56 Å². The fraction of sp³-hybridized carbons (Fsp3) is 0.227. The summed E-state index contributed by atoms with van der Waals surface area (Å²) in [5, 5.41) is 0.926. The van der Waals surface area contributed by atoms with E-state index in [1.807, 2.05) is 42.5 Å². The summed E-state index contributed by atoms with van der Waals surface area (Å²) in [6.07, 6.45) is 4.31. The van der Waals surface area contributed by atoms with Gasteiger partial charge < -0.3 is 0 Å². The zero-order valence-corrected chi connectivity index (χ0v) is 15.7. The minimum absolute atomic E-state index is 0.0931. The van der Waals surface area contributed by atoms with Gasteiger partial charge in [0.25, 0.3) is 5.56 Å². The Hall–Kier alpha value is -2.66. The van der Waals surface area contributed by atoms with Gasteiger partial charge in [-0.25, -0.2) is 4.98 Å². The highest BCUT2D eigenvalue weighted by Crippen LogP contribution is 2.32. The van der Waals surface area contributed by atoms with Crippen molar-refractivity contribution < 1.29 is 4.79 Å². The number of para-hydroxylation sites is 1. The monoisotopic (exact) mass is 376 g/mol. The molecule has 136 valence electrons. The van der Waals surface area contributed by atoms with Gasteiger partial charge in [-0.05, 0) is 37.0 Å². The normalized spacial score (nSPS) is 16.7. The average molecular weight is 376 g/mol. The standard InChI is InChI=1S/C22H20N2O2S/c1-2-14-24-21(26)17-11-5-6-12-18(17)23-22(24)27-19-13-7-9-15-8-3-4-10-16(15)20(19)25/h2-6,8,10-12,19H,1,7,9,13-14H2. The molecule has 3 aromatic rings. The Kier molecular flexibility index (Phi) is 4.94. The number of rotatable bonds is 4. The van der Waals surface area contributed by atoms with Crippen molar-refractivity contribution in [3.05, 3.63) is 82.7 Å². The summed E-state index contributed by atoms with van der Waals surface area (Å²) < 4.78 is 1.62. The first kappa shape index (κ1) is 17.7. The zero-order valence-electron chi connectivity index (χ0n) is 14.9. The number of nitrogens with zero attached hydrogens (tertiary/aromatic N) is 2. The topological polar surface area (TPSA) is 52.0 Å². The van der Waals surface area contributed by atoms with E-state index in [1.54, 1.807) is 16.7 Å². The molecule has 1 atom stereocenters. The van der Waals surface area contributed by atoms with Crippen LogP contribution in [0.3, 0.4) is 0 Å². The minimum Gasteiger partial charge on any atom is -0.293 e. The van der Waals surface area contributed by atoms with Gasteiger partial charge in [-0.3, -0.25) is 14.2 Å². The lowest BCUT2D eigenvalue weighted by molar-refractivity contribution is 0.0988. The molecule has 0 spiro atoms. The molecule has 27 heavy (non-hydrogen) atoms. The first-order valence-corrected chi connectivity index (χ1v) is 9.96. The molecule has 1 aliphatic carbocycles. The molecular formula is C22H20N2O2S. The predicted molar refractivity (Wildman–Crippen MR) is 110 cm³/mol. The molecule has 0 saturated carbocycles. The van der Waals surface area contributed by atoms with Crippen LogP contribution in [0.5, 0.6) is 0 Å². The third-order valence-electron chi connectivity index (χ3n) is 4.87. The van der Waals surface area contributed by atoms with E-state index in [2.05, 4.69) is 6.58 Å². The van der Waals surface area contributed by atoms with Crippen LogP contribution in [0.2, 0.25) is 0 Å². The van der Waals surface area contributed by atoms with E-state index < -0.39 is 0 Å². The maximum absolute atomic E-state index is 13.1. The second-order valence-corrected chi connectivity index (χ2v) is 7.81. The lowest BCUT2D eigenvalue weighted by Crippen LogP contribution is -2.25. The largest absolute Gasteiger partial charge is 0.293 e. The summed E-state index contributed by atoms with van der Waals surface area (Å²) in [4.78, 5) is 30.7. The van der Waals surface area contributed by atoms with Crippen molar-refractivity contribution in [3.8, 4) is 0 Å². The second-order valence-electron chi connectivity index (χ2n) is 6.64. The average Bonchev–Trinajstić information content (AvgIpc) is 2.84. The highest BCUT2D eigenvalue weighted by molar-refractivity contribution is 8.00. The van der Waals surface area contributed by atoms with Gasteiger partial charge in [-0.1, -0.05) is 54.2 Å². The fourth-order valence-electron chi connectivity index (χ4n) is 3.53. The zero-order chi connectivity index (χ0) is 18.8. The van der Waals surface area contributed by atoms with Crippen molar-refractivity contribution in [1.82, 2.24) is 9.55 Å². The Morgan fingerprint density at radius 3 is 2.78 bits per heavy atom. The number of hydrogen-bond acceptors (Lipinski definition) is 4. The number of aromatic nitrogens is 2. The molecule has 0 bridgehead atoms. The van der Waals surface area contributed by atoms with Crippen molar-refractivity contribution in [2.45, 2.75) is 36.2 Å². The fourth-order valence-corrected chi connectivity index (χ4v) is 4.74. The third-order valence-corrected chi connectivity index (χ3v) is 6.13. The number of benzene rings is 2. The quantitative estimate of drug-likeness (QED) is 0.388. The molecule has 1 heterocycles. The van der Waals surface area contributed by atoms with Gasteiger partial charge in [0.1, 0.15) is 0 Å². The number of aryl methyl sites for hydroxylation is 1. The summed E-state index contributed by atoms with van der Waals surface area (Å²) in [7, 11) is 0. The van der Waals surface area contributed by atoms with Gasteiger partial charge in [0.2, 0.25) is 0 Å². The van der Waals surface area contributed by atoms with Crippen LogP contribution in [-0.4, -0.2) is 20.6 Å². The van der Waals surface area contributed by atoms with Crippen molar-refractivity contribution in [1.29, 1.82) is 0 Å². The Balaban J connectivity index is 1.77. The Bertz CT molecular complexity index is 1090. The lowest BCUT2D eigenvalue weighted by atomic mass is 10.0. The molecule has 2 aromatic carbocycles. The molecule has 1 aromatic heterocycles. The number of carbonyl (C=O) groups is 1. The first-order chi connectivity index (χ1) is 13.2. The molecule has 0 N–H and O–H groups in total. The van der Waals surface area contributed by atoms with E-state index in [-0.39, 0.29) is 16.6 Å². The molecule has 5 heteroatoms. The predicted octanol–water partition coefficient (Wildman–Crippen LogP) is 4.26. The molecule has 0 amide bonds. The van der Waals surface area contributed by atoms with Crippen LogP contribution >= 0.6 is 11.8 Å². The molecule has 0 fully saturated rings. The number of fused-ring (bicyclic) bond motifs is 2. The maximum atomic E-state index is 13.1. The SMILES string of the molecule is C=CCn1c(SC2CCCc3ccccc3C2=O)nc2ccccc2c1=O. The highest BCUT2D eigenvalue weighted by Gasteiger charge is 2.27. The van der Waals surface area contributed by atoms with Gasteiger partial charge >= 0.3 is 0 Å². The number of allylic oxidation sites excluding steroid dienone is 1. The molecule has 1 unspecified atom stereocenters. The van der Waals surface area contributed by atoms with E-state index in [0.717, 1.165) is 30.4 Å². The maximum Gasteiger partial charge on any atom is 0.262 e. The summed E-state index contributed by atoms with van der Waals surface area (Å²) in [5.41, 5.74) is 2.47. The summed E-state index contributed by atoms with van der Waals surface area (Å²) in [5.74, 6) is 0.126. The molecular weight excluding hydrogens is 356 g/mol. The van der Waals surface area contributed by atoms with E-state index in [9.17, 15) is 9.59 Å². The van der Waals surface area contributed by atoms with Gasteiger partial charge in [0.15, 0.2) is 10.9 Å². The Labute approximate surface area is 161 Å². The molecule has 0 aliphatic heterocycles. The minimum atomic E-state index is -0.238. The van der Waals surface area contributed by atoms with E-state index >= 15 is 0 Å². The summed E-state index contributed by atoms with van der Waals surface area (Å²) in [6, 6.07) is 15.1. The third kappa shape index (κ3) is 3.35.